The maximum atomic E-state index is 8.93. The minimum absolute atomic E-state index is 0.0284. The Labute approximate surface area is 95.3 Å². The monoisotopic (exact) mass is 219 g/mol. The van der Waals surface area contributed by atoms with E-state index >= 15 is 0 Å². The van der Waals surface area contributed by atoms with Crippen LogP contribution in [0.25, 0.3) is 0 Å². The number of hydrogen-bond acceptors (Lipinski definition) is 4. The van der Waals surface area contributed by atoms with E-state index < -0.39 is 0 Å². The third-order valence-electron chi connectivity index (χ3n) is 3.30. The van der Waals surface area contributed by atoms with Gasteiger partial charge in [0, 0.05) is 12.6 Å². The van der Waals surface area contributed by atoms with E-state index in [-0.39, 0.29) is 6.61 Å². The molecule has 1 aromatic rings. The molecular formula is C12H17N3O. The molecule has 3 rings (SSSR count). The summed E-state index contributed by atoms with van der Waals surface area (Å²) in [6.07, 6.45) is 5.31. The number of hydrogen-bond donors (Lipinski definition) is 1. The van der Waals surface area contributed by atoms with Gasteiger partial charge in [0.2, 0.25) is 0 Å². The molecule has 0 radical (unpaired) electrons. The van der Waals surface area contributed by atoms with Crippen molar-refractivity contribution in [1.82, 2.24) is 10.2 Å². The minimum atomic E-state index is -0.0284. The van der Waals surface area contributed by atoms with Gasteiger partial charge in [0.05, 0.1) is 12.3 Å². The molecule has 1 heterocycles. The van der Waals surface area contributed by atoms with Gasteiger partial charge < -0.3 is 10.0 Å². The van der Waals surface area contributed by atoms with Crippen LogP contribution >= 0.6 is 0 Å². The van der Waals surface area contributed by atoms with Crippen LogP contribution < -0.4 is 4.90 Å². The van der Waals surface area contributed by atoms with Crippen LogP contribution in [0.4, 0.5) is 5.82 Å². The van der Waals surface area contributed by atoms with E-state index in [1.807, 2.05) is 12.1 Å². The van der Waals surface area contributed by atoms with Gasteiger partial charge in [-0.05, 0) is 43.7 Å². The van der Waals surface area contributed by atoms with Gasteiger partial charge >= 0.3 is 0 Å². The van der Waals surface area contributed by atoms with Crippen LogP contribution in [0.3, 0.4) is 0 Å². The van der Waals surface area contributed by atoms with Gasteiger partial charge in [-0.1, -0.05) is 0 Å². The van der Waals surface area contributed by atoms with Crippen LogP contribution in [-0.4, -0.2) is 27.9 Å². The Hall–Kier alpha value is -1.16. The molecule has 0 spiro atoms. The van der Waals surface area contributed by atoms with Crippen molar-refractivity contribution in [1.29, 1.82) is 0 Å². The zero-order valence-electron chi connectivity index (χ0n) is 9.34. The fourth-order valence-corrected chi connectivity index (χ4v) is 1.98. The van der Waals surface area contributed by atoms with E-state index in [2.05, 4.69) is 15.1 Å². The molecular weight excluding hydrogens is 202 g/mol. The Morgan fingerprint density at radius 2 is 2.00 bits per heavy atom. The van der Waals surface area contributed by atoms with Crippen molar-refractivity contribution in [3.8, 4) is 0 Å². The molecule has 16 heavy (non-hydrogen) atoms. The molecule has 0 amide bonds. The molecule has 2 aliphatic rings. The molecule has 0 aromatic carbocycles. The molecule has 0 unspecified atom stereocenters. The summed E-state index contributed by atoms with van der Waals surface area (Å²) in [4.78, 5) is 2.39. The summed E-state index contributed by atoms with van der Waals surface area (Å²) in [5.74, 6) is 1.85. The van der Waals surface area contributed by atoms with Gasteiger partial charge in [0.15, 0.2) is 5.82 Å². The van der Waals surface area contributed by atoms with Crippen LogP contribution in [0.2, 0.25) is 0 Å². The third-order valence-corrected chi connectivity index (χ3v) is 3.30. The van der Waals surface area contributed by atoms with Crippen molar-refractivity contribution in [3.05, 3.63) is 17.8 Å². The summed E-state index contributed by atoms with van der Waals surface area (Å²) < 4.78 is 0. The number of aliphatic hydroxyl groups is 1. The first-order valence-corrected chi connectivity index (χ1v) is 6.07. The minimum Gasteiger partial charge on any atom is -0.390 e. The van der Waals surface area contributed by atoms with Crippen molar-refractivity contribution >= 4 is 5.82 Å². The van der Waals surface area contributed by atoms with Gasteiger partial charge in [-0.25, -0.2) is 0 Å². The highest BCUT2D eigenvalue weighted by molar-refractivity contribution is 5.40. The molecule has 1 aromatic heterocycles. The molecule has 0 bridgehead atoms. The largest absolute Gasteiger partial charge is 0.390 e. The van der Waals surface area contributed by atoms with Gasteiger partial charge in [0.25, 0.3) is 0 Å². The second-order valence-electron chi connectivity index (χ2n) is 4.87. The average Bonchev–Trinajstić information content (AvgIpc) is 3.16. The fraction of sp³-hybridized carbons (Fsp3) is 0.667. The number of rotatable bonds is 5. The van der Waals surface area contributed by atoms with E-state index in [1.165, 1.54) is 25.7 Å². The van der Waals surface area contributed by atoms with E-state index in [0.717, 1.165) is 18.3 Å². The summed E-state index contributed by atoms with van der Waals surface area (Å²) in [7, 11) is 0. The van der Waals surface area contributed by atoms with Gasteiger partial charge in [-0.15, -0.1) is 5.10 Å². The van der Waals surface area contributed by atoms with Crippen molar-refractivity contribution in [3.63, 3.8) is 0 Å². The summed E-state index contributed by atoms with van der Waals surface area (Å²) in [5.41, 5.74) is 0.644. The molecule has 0 saturated heterocycles. The summed E-state index contributed by atoms with van der Waals surface area (Å²) in [6.45, 7) is 1.11. The van der Waals surface area contributed by atoms with Crippen LogP contribution in [0.1, 0.15) is 31.4 Å². The lowest BCUT2D eigenvalue weighted by molar-refractivity contribution is 0.275. The summed E-state index contributed by atoms with van der Waals surface area (Å²) in [6, 6.07) is 4.54. The van der Waals surface area contributed by atoms with Crippen LogP contribution in [0.15, 0.2) is 12.1 Å². The lowest BCUT2D eigenvalue weighted by atomic mass is 10.3. The first-order chi connectivity index (χ1) is 7.86. The molecule has 4 heteroatoms. The van der Waals surface area contributed by atoms with Gasteiger partial charge in [0.1, 0.15) is 0 Å². The SMILES string of the molecule is OCc1ccc(N(CC2CC2)C2CC2)nn1. The standard InChI is InChI=1S/C12H17N3O/c16-8-10-3-6-12(14-13-10)15(11-4-5-11)7-9-1-2-9/h3,6,9,11,16H,1-2,4-5,7-8H2. The smallest absolute Gasteiger partial charge is 0.151 e. The highest BCUT2D eigenvalue weighted by Crippen LogP contribution is 2.36. The topological polar surface area (TPSA) is 49.2 Å². The highest BCUT2D eigenvalue weighted by atomic mass is 16.3. The zero-order chi connectivity index (χ0) is 11.0. The fourth-order valence-electron chi connectivity index (χ4n) is 1.98. The molecule has 2 aliphatic carbocycles. The second kappa shape index (κ2) is 4.01. The Morgan fingerprint density at radius 1 is 1.19 bits per heavy atom. The number of anilines is 1. The van der Waals surface area contributed by atoms with Crippen LogP contribution in [0.5, 0.6) is 0 Å². The van der Waals surface area contributed by atoms with Gasteiger partial charge in [-0.3, -0.25) is 0 Å². The van der Waals surface area contributed by atoms with Crippen molar-refractivity contribution < 1.29 is 5.11 Å². The molecule has 2 saturated carbocycles. The van der Waals surface area contributed by atoms with E-state index in [9.17, 15) is 0 Å². The number of aliphatic hydroxyl groups excluding tert-OH is 1. The predicted molar refractivity (Wildman–Crippen MR) is 61.0 cm³/mol. The van der Waals surface area contributed by atoms with Gasteiger partial charge in [-0.2, -0.15) is 5.10 Å². The van der Waals surface area contributed by atoms with Crippen molar-refractivity contribution in [2.24, 2.45) is 5.92 Å². The van der Waals surface area contributed by atoms with Crippen molar-refractivity contribution in [2.75, 3.05) is 11.4 Å². The Balaban J connectivity index is 1.74. The maximum absolute atomic E-state index is 8.93. The predicted octanol–water partition coefficient (Wildman–Crippen LogP) is 1.35. The molecule has 2 fully saturated rings. The van der Waals surface area contributed by atoms with Crippen LogP contribution in [-0.2, 0) is 6.61 Å². The first-order valence-electron chi connectivity index (χ1n) is 6.07. The maximum Gasteiger partial charge on any atom is 0.151 e. The summed E-state index contributed by atoms with van der Waals surface area (Å²) in [5, 5.41) is 17.2. The van der Waals surface area contributed by atoms with Crippen molar-refractivity contribution in [2.45, 2.75) is 38.3 Å². The second-order valence-corrected chi connectivity index (χ2v) is 4.87. The molecule has 4 nitrogen and oxygen atoms in total. The Bertz CT molecular complexity index is 357. The zero-order valence-corrected chi connectivity index (χ0v) is 9.34. The lowest BCUT2D eigenvalue weighted by Crippen LogP contribution is -2.29. The highest BCUT2D eigenvalue weighted by Gasteiger charge is 2.34. The van der Waals surface area contributed by atoms with E-state index in [4.69, 9.17) is 5.11 Å². The van der Waals surface area contributed by atoms with E-state index in [0.29, 0.717) is 11.7 Å². The quantitative estimate of drug-likeness (QED) is 0.812. The Morgan fingerprint density at radius 3 is 2.50 bits per heavy atom. The summed E-state index contributed by atoms with van der Waals surface area (Å²) >= 11 is 0. The molecule has 86 valence electrons. The lowest BCUT2D eigenvalue weighted by Gasteiger charge is -2.22. The average molecular weight is 219 g/mol. The molecule has 0 atom stereocenters. The molecule has 1 N–H and O–H groups in total. The normalized spacial score (nSPS) is 19.8. The van der Waals surface area contributed by atoms with Crippen LogP contribution in [0, 0.1) is 5.92 Å². The molecule has 0 aliphatic heterocycles. The van der Waals surface area contributed by atoms with E-state index in [1.54, 1.807) is 0 Å². The number of nitrogens with zero attached hydrogens (tertiary/aromatic N) is 3. The first kappa shape index (κ1) is 10.0. The third kappa shape index (κ3) is 2.16. The Kier molecular flexibility index (Phi) is 2.52. The number of aromatic nitrogens is 2.